The number of carbonyl (C=O) groups is 1. The molecule has 0 aromatic heterocycles. The molecule has 0 atom stereocenters. The molecule has 1 aliphatic heterocycles. The Labute approximate surface area is 145 Å². The Hall–Kier alpha value is -2.17. The van der Waals surface area contributed by atoms with Gasteiger partial charge < -0.3 is 5.11 Å². The zero-order chi connectivity index (χ0) is 17.1. The van der Waals surface area contributed by atoms with Gasteiger partial charge in [0, 0.05) is 25.2 Å². The predicted molar refractivity (Wildman–Crippen MR) is 93.2 cm³/mol. The highest BCUT2D eigenvalue weighted by Gasteiger charge is 2.31. The van der Waals surface area contributed by atoms with Gasteiger partial charge in [0.2, 0.25) is 0 Å². The fraction of sp³-hybridized carbons (Fsp3) is 0.211. The summed E-state index contributed by atoms with van der Waals surface area (Å²) < 4.78 is 13.7. The first kappa shape index (κ1) is 16.7. The van der Waals surface area contributed by atoms with Crippen molar-refractivity contribution in [1.82, 2.24) is 4.90 Å². The molecule has 0 aliphatic carbocycles. The van der Waals surface area contributed by atoms with Crippen molar-refractivity contribution in [2.75, 3.05) is 13.1 Å². The van der Waals surface area contributed by atoms with Crippen molar-refractivity contribution in [3.8, 4) is 0 Å². The van der Waals surface area contributed by atoms with Crippen LogP contribution in [0.3, 0.4) is 0 Å². The van der Waals surface area contributed by atoms with Crippen molar-refractivity contribution >= 4 is 29.7 Å². The summed E-state index contributed by atoms with van der Waals surface area (Å²) in [6.07, 6.45) is 3.48. The van der Waals surface area contributed by atoms with E-state index in [4.69, 9.17) is 16.7 Å². The first-order valence-corrected chi connectivity index (χ1v) is 8.07. The molecule has 5 heteroatoms. The molecule has 0 radical (unpaired) electrons. The van der Waals surface area contributed by atoms with E-state index in [2.05, 4.69) is 4.90 Å². The summed E-state index contributed by atoms with van der Waals surface area (Å²) in [5.74, 6) is -1.31. The molecule has 1 heterocycles. The zero-order valence-corrected chi connectivity index (χ0v) is 13.7. The molecule has 0 unspecified atom stereocenters. The number of carboxylic acid groups (broad SMARTS) is 1. The predicted octanol–water partition coefficient (Wildman–Crippen LogP) is 4.17. The number of aliphatic carboxylic acids is 1. The second-order valence-corrected chi connectivity index (χ2v) is 6.35. The third-order valence-corrected chi connectivity index (χ3v) is 4.46. The summed E-state index contributed by atoms with van der Waals surface area (Å²) in [5, 5.41) is 9.26. The Balaban J connectivity index is 1.61. The van der Waals surface area contributed by atoms with Gasteiger partial charge in [-0.25, -0.2) is 4.39 Å². The highest BCUT2D eigenvalue weighted by atomic mass is 35.5. The summed E-state index contributed by atoms with van der Waals surface area (Å²) in [6, 6.07) is 12.5. The molecule has 124 valence electrons. The molecule has 3 rings (SSSR count). The SMILES string of the molecule is O=C(O)C1CN(Cc2ccc(/C=C/c3c(F)cccc3Cl)cc2)C1. The van der Waals surface area contributed by atoms with Gasteiger partial charge in [-0.2, -0.15) is 0 Å². The Kier molecular flexibility index (Phi) is 4.97. The minimum absolute atomic E-state index is 0.238. The van der Waals surface area contributed by atoms with Crippen LogP contribution in [0.1, 0.15) is 16.7 Å². The van der Waals surface area contributed by atoms with Crippen LogP contribution in [0.2, 0.25) is 5.02 Å². The van der Waals surface area contributed by atoms with Gasteiger partial charge in [-0.3, -0.25) is 9.69 Å². The van der Waals surface area contributed by atoms with Crippen molar-refractivity contribution in [1.29, 1.82) is 0 Å². The number of carboxylic acids is 1. The molecule has 0 spiro atoms. The van der Waals surface area contributed by atoms with E-state index >= 15 is 0 Å². The number of rotatable bonds is 5. The normalized spacial score (nSPS) is 15.6. The summed E-state index contributed by atoms with van der Waals surface area (Å²) in [7, 11) is 0. The first-order chi connectivity index (χ1) is 11.5. The molecule has 0 saturated carbocycles. The Morgan fingerprint density at radius 3 is 2.54 bits per heavy atom. The molecule has 3 nitrogen and oxygen atoms in total. The molecule has 2 aromatic carbocycles. The van der Waals surface area contributed by atoms with Crippen LogP contribution < -0.4 is 0 Å². The van der Waals surface area contributed by atoms with Crippen molar-refractivity contribution < 1.29 is 14.3 Å². The van der Waals surface area contributed by atoms with Crippen molar-refractivity contribution in [3.63, 3.8) is 0 Å². The number of hydrogen-bond donors (Lipinski definition) is 1. The fourth-order valence-electron chi connectivity index (χ4n) is 2.70. The number of halogens is 2. The van der Waals surface area contributed by atoms with Crippen LogP contribution >= 0.6 is 11.6 Å². The van der Waals surface area contributed by atoms with E-state index in [9.17, 15) is 9.18 Å². The Morgan fingerprint density at radius 1 is 1.21 bits per heavy atom. The van der Waals surface area contributed by atoms with Gasteiger partial charge in [0.1, 0.15) is 5.82 Å². The average molecular weight is 346 g/mol. The minimum atomic E-state index is -0.724. The summed E-state index contributed by atoms with van der Waals surface area (Å²) in [5.41, 5.74) is 2.45. The van der Waals surface area contributed by atoms with E-state index in [1.165, 1.54) is 6.07 Å². The smallest absolute Gasteiger partial charge is 0.309 e. The van der Waals surface area contributed by atoms with Crippen LogP contribution in [0.4, 0.5) is 4.39 Å². The van der Waals surface area contributed by atoms with Gasteiger partial charge in [0.05, 0.1) is 10.9 Å². The highest BCUT2D eigenvalue weighted by Crippen LogP contribution is 2.22. The van der Waals surface area contributed by atoms with Gasteiger partial charge in [-0.1, -0.05) is 48.0 Å². The van der Waals surface area contributed by atoms with Gasteiger partial charge in [-0.15, -0.1) is 0 Å². The number of hydrogen-bond acceptors (Lipinski definition) is 2. The third kappa shape index (κ3) is 3.83. The lowest BCUT2D eigenvalue weighted by atomic mass is 9.99. The van der Waals surface area contributed by atoms with Gasteiger partial charge in [-0.05, 0) is 29.3 Å². The summed E-state index contributed by atoms with van der Waals surface area (Å²) in [4.78, 5) is 12.9. The number of benzene rings is 2. The molecule has 0 bridgehead atoms. The quantitative estimate of drug-likeness (QED) is 0.827. The highest BCUT2D eigenvalue weighted by molar-refractivity contribution is 6.32. The van der Waals surface area contributed by atoms with E-state index in [1.54, 1.807) is 18.2 Å². The maximum atomic E-state index is 13.7. The molecular weight excluding hydrogens is 329 g/mol. The van der Waals surface area contributed by atoms with E-state index in [-0.39, 0.29) is 11.7 Å². The van der Waals surface area contributed by atoms with E-state index in [0.29, 0.717) is 23.7 Å². The molecule has 1 fully saturated rings. The second kappa shape index (κ2) is 7.16. The van der Waals surface area contributed by atoms with Crippen molar-refractivity contribution in [3.05, 3.63) is 70.0 Å². The molecule has 1 saturated heterocycles. The topological polar surface area (TPSA) is 40.5 Å². The average Bonchev–Trinajstić information content (AvgIpc) is 2.51. The van der Waals surface area contributed by atoms with E-state index in [1.807, 2.05) is 30.3 Å². The standard InChI is InChI=1S/C19H17ClFNO2/c20-17-2-1-3-18(21)16(17)9-8-13-4-6-14(7-5-13)10-22-11-15(12-22)19(23)24/h1-9,15H,10-12H2,(H,23,24)/b9-8+. The number of nitrogens with zero attached hydrogens (tertiary/aromatic N) is 1. The Bertz CT molecular complexity index is 747. The van der Waals surface area contributed by atoms with Gasteiger partial charge in [0.25, 0.3) is 0 Å². The minimum Gasteiger partial charge on any atom is -0.481 e. The van der Waals surface area contributed by atoms with Crippen LogP contribution in [0.15, 0.2) is 42.5 Å². The molecule has 2 aromatic rings. The Morgan fingerprint density at radius 2 is 1.92 bits per heavy atom. The fourth-order valence-corrected chi connectivity index (χ4v) is 2.92. The maximum absolute atomic E-state index is 13.7. The van der Waals surface area contributed by atoms with Gasteiger partial charge >= 0.3 is 5.97 Å². The van der Waals surface area contributed by atoms with Crippen LogP contribution in [-0.2, 0) is 11.3 Å². The van der Waals surface area contributed by atoms with Crippen LogP contribution in [0.25, 0.3) is 12.2 Å². The third-order valence-electron chi connectivity index (χ3n) is 4.13. The van der Waals surface area contributed by atoms with Crippen LogP contribution in [0.5, 0.6) is 0 Å². The van der Waals surface area contributed by atoms with Gasteiger partial charge in [0.15, 0.2) is 0 Å². The number of likely N-dealkylation sites (tertiary alicyclic amines) is 1. The van der Waals surface area contributed by atoms with Crippen LogP contribution in [-0.4, -0.2) is 29.1 Å². The van der Waals surface area contributed by atoms with Crippen LogP contribution in [0, 0.1) is 11.7 Å². The van der Waals surface area contributed by atoms with E-state index in [0.717, 1.165) is 17.7 Å². The monoisotopic (exact) mass is 345 g/mol. The zero-order valence-electron chi connectivity index (χ0n) is 13.0. The van der Waals surface area contributed by atoms with Crippen molar-refractivity contribution in [2.45, 2.75) is 6.54 Å². The first-order valence-electron chi connectivity index (χ1n) is 7.69. The summed E-state index contributed by atoms with van der Waals surface area (Å²) in [6.45, 7) is 1.94. The molecule has 1 N–H and O–H groups in total. The lowest BCUT2D eigenvalue weighted by Gasteiger charge is -2.36. The maximum Gasteiger partial charge on any atom is 0.309 e. The molecular formula is C19H17ClFNO2. The summed E-state index contributed by atoms with van der Waals surface area (Å²) >= 11 is 6.00. The second-order valence-electron chi connectivity index (χ2n) is 5.94. The molecule has 24 heavy (non-hydrogen) atoms. The van der Waals surface area contributed by atoms with E-state index < -0.39 is 5.97 Å². The lowest BCUT2D eigenvalue weighted by molar-refractivity contribution is -0.147. The van der Waals surface area contributed by atoms with Crippen molar-refractivity contribution in [2.24, 2.45) is 5.92 Å². The lowest BCUT2D eigenvalue weighted by Crippen LogP contribution is -2.49. The molecule has 1 aliphatic rings. The molecule has 0 amide bonds. The largest absolute Gasteiger partial charge is 0.481 e.